The normalized spacial score (nSPS) is 15.6. The number of fused-ring (bicyclic) bond motifs is 4. The maximum absolute atomic E-state index is 13.4. The zero-order valence-electron chi connectivity index (χ0n) is 34.1. The van der Waals surface area contributed by atoms with Gasteiger partial charge < -0.3 is 28.6 Å². The van der Waals surface area contributed by atoms with Crippen LogP contribution in [0.25, 0.3) is 12.2 Å². The standard InChI is InChI=1S/C49H58O8/c1-5-7-9-11-31-53-40-24-21-36(34-44(40)51-3)16-15-33-55-57-43-20-14-18-39-28-30-49(48(39)43)29-27-38-17-13-19-42(47(38)49)56-46(50)26-23-37-22-25-41(45(35-37)52-4)54-32-12-10-8-6-2/h13-26,34-35H,5-12,27-33H2,1-4H3/b16-15+,26-23?. The molecule has 0 N–H and O–H groups in total. The lowest BCUT2D eigenvalue weighted by atomic mass is 9.76. The zero-order valence-corrected chi connectivity index (χ0v) is 34.1. The van der Waals surface area contributed by atoms with Crippen molar-refractivity contribution in [3.05, 3.63) is 118 Å². The van der Waals surface area contributed by atoms with Gasteiger partial charge in [-0.1, -0.05) is 101 Å². The van der Waals surface area contributed by atoms with Gasteiger partial charge in [0.05, 0.1) is 27.4 Å². The highest BCUT2D eigenvalue weighted by atomic mass is 17.2. The molecule has 1 unspecified atom stereocenters. The number of carbonyl (C=O) groups is 1. The fraction of sp³-hybridized carbons (Fsp3) is 0.408. The number of aryl methyl sites for hydroxylation is 2. The van der Waals surface area contributed by atoms with E-state index in [1.165, 1.54) is 49.3 Å². The molecule has 0 saturated heterocycles. The highest BCUT2D eigenvalue weighted by molar-refractivity contribution is 5.89. The molecule has 0 heterocycles. The second-order valence-corrected chi connectivity index (χ2v) is 14.8. The summed E-state index contributed by atoms with van der Waals surface area (Å²) in [6.07, 6.45) is 19.8. The molecule has 4 aromatic carbocycles. The molecule has 0 fully saturated rings. The molecule has 8 heteroatoms. The Kier molecular flexibility index (Phi) is 15.1. The Labute approximate surface area is 338 Å². The first kappa shape index (κ1) is 41.4. The van der Waals surface area contributed by atoms with Gasteiger partial charge in [-0.05, 0) is 103 Å². The molecule has 0 amide bonds. The molecule has 0 bridgehead atoms. The Morgan fingerprint density at radius 3 is 1.77 bits per heavy atom. The van der Waals surface area contributed by atoms with Crippen LogP contribution in [0, 0.1) is 0 Å². The predicted octanol–water partition coefficient (Wildman–Crippen LogP) is 11.4. The molecule has 2 aliphatic rings. The van der Waals surface area contributed by atoms with Crippen LogP contribution in [0.15, 0.2) is 84.9 Å². The summed E-state index contributed by atoms with van der Waals surface area (Å²) in [5.41, 5.74) is 6.03. The number of esters is 1. The van der Waals surface area contributed by atoms with Gasteiger partial charge in [0.2, 0.25) is 0 Å². The quantitative estimate of drug-likeness (QED) is 0.0195. The molecular formula is C49H58O8. The Morgan fingerprint density at radius 2 is 1.19 bits per heavy atom. The summed E-state index contributed by atoms with van der Waals surface area (Å²) in [6, 6.07) is 23.7. The van der Waals surface area contributed by atoms with Crippen LogP contribution in [0.1, 0.15) is 111 Å². The molecule has 1 spiro atoms. The molecule has 0 radical (unpaired) electrons. The highest BCUT2D eigenvalue weighted by Crippen LogP contribution is 2.57. The highest BCUT2D eigenvalue weighted by Gasteiger charge is 2.48. The van der Waals surface area contributed by atoms with Crippen molar-refractivity contribution in [3.63, 3.8) is 0 Å². The average molecular weight is 775 g/mol. The fourth-order valence-electron chi connectivity index (χ4n) is 8.12. The maximum atomic E-state index is 13.4. The van der Waals surface area contributed by atoms with E-state index in [2.05, 4.69) is 26.0 Å². The van der Waals surface area contributed by atoms with E-state index in [1.54, 1.807) is 20.3 Å². The molecule has 8 nitrogen and oxygen atoms in total. The molecule has 4 aromatic rings. The Bertz CT molecular complexity index is 1990. The van der Waals surface area contributed by atoms with Crippen molar-refractivity contribution in [2.75, 3.05) is 34.0 Å². The Balaban J connectivity index is 1.10. The lowest BCUT2D eigenvalue weighted by molar-refractivity contribution is -0.196. The number of ether oxygens (including phenoxy) is 5. The maximum Gasteiger partial charge on any atom is 0.336 e. The van der Waals surface area contributed by atoms with Gasteiger partial charge in [0.1, 0.15) is 12.4 Å². The first-order valence-electron chi connectivity index (χ1n) is 20.7. The summed E-state index contributed by atoms with van der Waals surface area (Å²) in [4.78, 5) is 25.2. The lowest BCUT2D eigenvalue weighted by Crippen LogP contribution is -2.24. The largest absolute Gasteiger partial charge is 0.493 e. The fourth-order valence-corrected chi connectivity index (χ4v) is 8.12. The van der Waals surface area contributed by atoms with E-state index in [-0.39, 0.29) is 12.0 Å². The van der Waals surface area contributed by atoms with Crippen LogP contribution in [0.3, 0.4) is 0 Å². The molecular weight excluding hydrogens is 717 g/mol. The lowest BCUT2D eigenvalue weighted by Gasteiger charge is -2.29. The Morgan fingerprint density at radius 1 is 0.632 bits per heavy atom. The van der Waals surface area contributed by atoms with E-state index in [9.17, 15) is 4.79 Å². The predicted molar refractivity (Wildman–Crippen MR) is 226 cm³/mol. The second-order valence-electron chi connectivity index (χ2n) is 14.8. The molecule has 0 saturated carbocycles. The minimum Gasteiger partial charge on any atom is -0.493 e. The number of carbonyl (C=O) groups excluding carboxylic acids is 1. The number of benzene rings is 4. The third-order valence-electron chi connectivity index (χ3n) is 11.0. The third kappa shape index (κ3) is 10.4. The van der Waals surface area contributed by atoms with Gasteiger partial charge in [-0.25, -0.2) is 4.79 Å². The number of methoxy groups -OCH3 is 2. The number of unbranched alkanes of at least 4 members (excludes halogenated alkanes) is 6. The van der Waals surface area contributed by atoms with Crippen molar-refractivity contribution in [2.24, 2.45) is 0 Å². The van der Waals surface area contributed by atoms with Crippen molar-refractivity contribution >= 4 is 18.1 Å². The minimum absolute atomic E-state index is 0.251. The molecule has 1 atom stereocenters. The van der Waals surface area contributed by atoms with Crippen molar-refractivity contribution in [3.8, 4) is 34.5 Å². The van der Waals surface area contributed by atoms with Crippen LogP contribution in [0.4, 0.5) is 0 Å². The topological polar surface area (TPSA) is 81.7 Å². The van der Waals surface area contributed by atoms with E-state index in [1.807, 2.05) is 72.8 Å². The first-order chi connectivity index (χ1) is 28.0. The van der Waals surface area contributed by atoms with Crippen LogP contribution in [-0.2, 0) is 27.9 Å². The van der Waals surface area contributed by atoms with Crippen molar-refractivity contribution in [1.82, 2.24) is 0 Å². The van der Waals surface area contributed by atoms with E-state index in [0.29, 0.717) is 42.0 Å². The van der Waals surface area contributed by atoms with Gasteiger partial charge in [0.25, 0.3) is 0 Å². The Hall–Kier alpha value is -5.21. The average Bonchev–Trinajstić information content (AvgIpc) is 3.81. The second kappa shape index (κ2) is 20.8. The molecule has 0 aromatic heterocycles. The zero-order chi connectivity index (χ0) is 39.9. The van der Waals surface area contributed by atoms with Crippen LogP contribution in [0.2, 0.25) is 0 Å². The van der Waals surface area contributed by atoms with Crippen LogP contribution in [0.5, 0.6) is 34.5 Å². The van der Waals surface area contributed by atoms with Gasteiger partial charge >= 0.3 is 5.97 Å². The SMILES string of the molecule is CCCCCCOc1ccc(C=CC(=O)Oc2cccc3c2C2(CCc4cccc(OOC/C=C/c5ccc(OCCCCCC)c(OC)c5)c42)CC3)cc1OC. The molecule has 6 rings (SSSR count). The number of hydrogen-bond acceptors (Lipinski definition) is 8. The van der Waals surface area contributed by atoms with E-state index in [4.69, 9.17) is 33.5 Å². The van der Waals surface area contributed by atoms with Gasteiger partial charge in [0, 0.05) is 22.6 Å². The van der Waals surface area contributed by atoms with Crippen molar-refractivity contribution in [1.29, 1.82) is 0 Å². The summed E-state index contributed by atoms with van der Waals surface area (Å²) in [5.74, 6) is 3.61. The minimum atomic E-state index is -0.444. The monoisotopic (exact) mass is 774 g/mol. The van der Waals surface area contributed by atoms with Crippen LogP contribution >= 0.6 is 0 Å². The number of rotatable bonds is 22. The van der Waals surface area contributed by atoms with E-state index in [0.717, 1.165) is 72.9 Å². The van der Waals surface area contributed by atoms with Crippen LogP contribution in [-0.4, -0.2) is 40.0 Å². The van der Waals surface area contributed by atoms with Crippen LogP contribution < -0.4 is 28.6 Å². The smallest absolute Gasteiger partial charge is 0.336 e. The van der Waals surface area contributed by atoms with Crippen molar-refractivity contribution in [2.45, 2.75) is 96.3 Å². The van der Waals surface area contributed by atoms with Gasteiger partial charge in [-0.15, -0.1) is 0 Å². The third-order valence-corrected chi connectivity index (χ3v) is 11.0. The summed E-state index contributed by atoms with van der Waals surface area (Å²) >= 11 is 0. The summed E-state index contributed by atoms with van der Waals surface area (Å²) in [5, 5.41) is 0. The molecule has 302 valence electrons. The van der Waals surface area contributed by atoms with E-state index < -0.39 is 5.97 Å². The molecule has 0 aliphatic heterocycles. The molecule has 2 aliphatic carbocycles. The summed E-state index contributed by atoms with van der Waals surface area (Å²) in [6.45, 7) is 5.97. The van der Waals surface area contributed by atoms with E-state index >= 15 is 0 Å². The summed E-state index contributed by atoms with van der Waals surface area (Å²) in [7, 11) is 3.28. The first-order valence-corrected chi connectivity index (χ1v) is 20.7. The van der Waals surface area contributed by atoms with Gasteiger partial charge in [-0.3, -0.25) is 0 Å². The summed E-state index contributed by atoms with van der Waals surface area (Å²) < 4.78 is 29.2. The van der Waals surface area contributed by atoms with Gasteiger partial charge in [0.15, 0.2) is 28.7 Å². The molecule has 57 heavy (non-hydrogen) atoms. The van der Waals surface area contributed by atoms with Gasteiger partial charge in [-0.2, -0.15) is 4.89 Å². The van der Waals surface area contributed by atoms with Crippen molar-refractivity contribution < 1.29 is 38.3 Å². The number of hydrogen-bond donors (Lipinski definition) is 0.